The molecule has 5 nitrogen and oxygen atoms in total. The molecule has 1 aromatic carbocycles. The molecule has 0 N–H and O–H groups in total. The van der Waals surface area contributed by atoms with Crippen molar-refractivity contribution in [2.75, 3.05) is 43.5 Å². The zero-order valence-electron chi connectivity index (χ0n) is 10.8. The van der Waals surface area contributed by atoms with Crippen LogP contribution in [0.1, 0.15) is 6.42 Å². The van der Waals surface area contributed by atoms with Crippen LogP contribution in [0.25, 0.3) is 0 Å². The van der Waals surface area contributed by atoms with Gasteiger partial charge in [0.15, 0.2) is 0 Å². The number of piperazine rings is 1. The number of alkyl halides is 1. The molecule has 1 heterocycles. The molecule has 0 atom stereocenters. The van der Waals surface area contributed by atoms with Crippen LogP contribution in [-0.2, 0) is 0 Å². The summed E-state index contributed by atoms with van der Waals surface area (Å²) in [6, 6.07) is 6.78. The summed E-state index contributed by atoms with van der Waals surface area (Å²) in [6.07, 6.45) is 1.03. The third kappa shape index (κ3) is 3.81. The Labute approximate surface area is 117 Å². The van der Waals surface area contributed by atoms with Gasteiger partial charge in [-0.3, -0.25) is 15.0 Å². The van der Waals surface area contributed by atoms with Gasteiger partial charge >= 0.3 is 0 Å². The quantitative estimate of drug-likeness (QED) is 0.473. The van der Waals surface area contributed by atoms with Gasteiger partial charge in [0.1, 0.15) is 0 Å². The molecule has 6 heteroatoms. The number of nitrogens with zero attached hydrogens (tertiary/aromatic N) is 3. The van der Waals surface area contributed by atoms with Gasteiger partial charge in [-0.1, -0.05) is 0 Å². The predicted molar refractivity (Wildman–Crippen MR) is 77.1 cm³/mol. The molecule has 2 rings (SSSR count). The number of hydrogen-bond donors (Lipinski definition) is 0. The summed E-state index contributed by atoms with van der Waals surface area (Å²) in [4.78, 5) is 14.9. The van der Waals surface area contributed by atoms with Crippen LogP contribution in [0.3, 0.4) is 0 Å². The molecule has 104 valence electrons. The molecule has 0 spiro atoms. The zero-order chi connectivity index (χ0) is 13.7. The van der Waals surface area contributed by atoms with E-state index in [0.717, 1.165) is 44.8 Å². The van der Waals surface area contributed by atoms with E-state index in [4.69, 9.17) is 11.6 Å². The average Bonchev–Trinajstić information content (AvgIpc) is 2.46. The summed E-state index contributed by atoms with van der Waals surface area (Å²) in [5, 5.41) is 10.6. The molecule has 1 fully saturated rings. The van der Waals surface area contributed by atoms with Crippen LogP contribution < -0.4 is 4.90 Å². The molecule has 1 aromatic rings. The van der Waals surface area contributed by atoms with Gasteiger partial charge in [-0.05, 0) is 25.1 Å². The first-order chi connectivity index (χ1) is 9.20. The van der Waals surface area contributed by atoms with Gasteiger partial charge in [0.25, 0.3) is 5.69 Å². The van der Waals surface area contributed by atoms with Crippen molar-refractivity contribution in [3.8, 4) is 0 Å². The third-order valence-corrected chi connectivity index (χ3v) is 3.67. The Kier molecular flexibility index (Phi) is 4.99. The van der Waals surface area contributed by atoms with Crippen LogP contribution in [0.15, 0.2) is 24.3 Å². The molecule has 0 radical (unpaired) electrons. The van der Waals surface area contributed by atoms with Crippen molar-refractivity contribution < 1.29 is 4.92 Å². The second-order valence-corrected chi connectivity index (χ2v) is 5.02. The maximum absolute atomic E-state index is 10.6. The summed E-state index contributed by atoms with van der Waals surface area (Å²) in [6.45, 7) is 5.01. The lowest BCUT2D eigenvalue weighted by Crippen LogP contribution is -2.46. The molecule has 0 unspecified atom stereocenters. The van der Waals surface area contributed by atoms with E-state index in [9.17, 15) is 10.1 Å². The molecule has 1 aliphatic heterocycles. The van der Waals surface area contributed by atoms with Gasteiger partial charge in [-0.25, -0.2) is 0 Å². The van der Waals surface area contributed by atoms with Crippen molar-refractivity contribution in [2.24, 2.45) is 0 Å². The molecule has 0 aromatic heterocycles. The van der Waals surface area contributed by atoms with Crippen LogP contribution in [0, 0.1) is 10.1 Å². The maximum Gasteiger partial charge on any atom is 0.269 e. The maximum atomic E-state index is 10.6. The topological polar surface area (TPSA) is 49.6 Å². The highest BCUT2D eigenvalue weighted by atomic mass is 35.5. The van der Waals surface area contributed by atoms with Gasteiger partial charge in [-0.15, -0.1) is 11.6 Å². The number of anilines is 1. The van der Waals surface area contributed by atoms with Crippen LogP contribution in [0.5, 0.6) is 0 Å². The molecule has 0 aliphatic carbocycles. The van der Waals surface area contributed by atoms with Gasteiger partial charge in [0, 0.05) is 49.9 Å². The molecule has 0 amide bonds. The number of rotatable bonds is 5. The Hall–Kier alpha value is -1.33. The summed E-state index contributed by atoms with van der Waals surface area (Å²) < 4.78 is 0. The first-order valence-electron chi connectivity index (χ1n) is 6.48. The lowest BCUT2D eigenvalue weighted by atomic mass is 10.2. The normalized spacial score (nSPS) is 16.6. The Morgan fingerprint density at radius 1 is 1.16 bits per heavy atom. The van der Waals surface area contributed by atoms with E-state index in [1.807, 2.05) is 12.1 Å². The van der Waals surface area contributed by atoms with Crippen molar-refractivity contribution in [3.63, 3.8) is 0 Å². The standard InChI is InChI=1S/C13H18ClN3O2/c14-6-1-7-15-8-10-16(11-9-15)12-2-4-13(5-3-12)17(18)19/h2-5H,1,6-11H2. The Morgan fingerprint density at radius 2 is 1.79 bits per heavy atom. The van der Waals surface area contributed by atoms with Crippen molar-refractivity contribution in [3.05, 3.63) is 34.4 Å². The fourth-order valence-corrected chi connectivity index (χ4v) is 2.42. The van der Waals surface area contributed by atoms with Crippen molar-refractivity contribution in [2.45, 2.75) is 6.42 Å². The fourth-order valence-electron chi connectivity index (χ4n) is 2.30. The van der Waals surface area contributed by atoms with Crippen molar-refractivity contribution in [1.82, 2.24) is 4.90 Å². The summed E-state index contributed by atoms with van der Waals surface area (Å²) in [5.74, 6) is 0.711. The van der Waals surface area contributed by atoms with Gasteiger partial charge in [0.05, 0.1) is 4.92 Å². The summed E-state index contributed by atoms with van der Waals surface area (Å²) in [5.41, 5.74) is 1.20. The molecular weight excluding hydrogens is 266 g/mol. The van der Waals surface area contributed by atoms with E-state index in [-0.39, 0.29) is 10.6 Å². The van der Waals surface area contributed by atoms with E-state index in [1.54, 1.807) is 12.1 Å². The minimum Gasteiger partial charge on any atom is -0.369 e. The Bertz CT molecular complexity index is 416. The second-order valence-electron chi connectivity index (χ2n) is 4.64. The number of hydrogen-bond acceptors (Lipinski definition) is 4. The molecule has 19 heavy (non-hydrogen) atoms. The Balaban J connectivity index is 1.88. The average molecular weight is 284 g/mol. The first kappa shape index (κ1) is 14.1. The summed E-state index contributed by atoms with van der Waals surface area (Å²) >= 11 is 5.69. The van der Waals surface area contributed by atoms with E-state index in [2.05, 4.69) is 9.80 Å². The van der Waals surface area contributed by atoms with E-state index >= 15 is 0 Å². The highest BCUT2D eigenvalue weighted by molar-refractivity contribution is 6.17. The number of non-ortho nitro benzene ring substituents is 1. The van der Waals surface area contributed by atoms with Crippen LogP contribution in [-0.4, -0.2) is 48.4 Å². The van der Waals surface area contributed by atoms with Crippen molar-refractivity contribution >= 4 is 23.0 Å². The SMILES string of the molecule is O=[N+]([O-])c1ccc(N2CCN(CCCCl)CC2)cc1. The van der Waals surface area contributed by atoms with Crippen LogP contribution >= 0.6 is 11.6 Å². The van der Waals surface area contributed by atoms with Crippen LogP contribution in [0.4, 0.5) is 11.4 Å². The third-order valence-electron chi connectivity index (χ3n) is 3.41. The number of nitro groups is 1. The molecule has 1 aliphatic rings. The Morgan fingerprint density at radius 3 is 2.32 bits per heavy atom. The molecule has 0 bridgehead atoms. The molecular formula is C13H18ClN3O2. The lowest BCUT2D eigenvalue weighted by molar-refractivity contribution is -0.384. The van der Waals surface area contributed by atoms with E-state index in [0.29, 0.717) is 5.88 Å². The highest BCUT2D eigenvalue weighted by Gasteiger charge is 2.17. The van der Waals surface area contributed by atoms with Gasteiger partial charge in [-0.2, -0.15) is 0 Å². The zero-order valence-corrected chi connectivity index (χ0v) is 11.6. The lowest BCUT2D eigenvalue weighted by Gasteiger charge is -2.36. The smallest absolute Gasteiger partial charge is 0.269 e. The number of benzene rings is 1. The van der Waals surface area contributed by atoms with Gasteiger partial charge < -0.3 is 4.90 Å². The number of halogens is 1. The van der Waals surface area contributed by atoms with E-state index in [1.165, 1.54) is 0 Å². The van der Waals surface area contributed by atoms with E-state index < -0.39 is 0 Å². The largest absolute Gasteiger partial charge is 0.369 e. The van der Waals surface area contributed by atoms with Crippen LogP contribution in [0.2, 0.25) is 0 Å². The first-order valence-corrected chi connectivity index (χ1v) is 7.02. The predicted octanol–water partition coefficient (Wildman–Crippen LogP) is 2.35. The monoisotopic (exact) mass is 283 g/mol. The fraction of sp³-hybridized carbons (Fsp3) is 0.538. The molecule has 0 saturated carbocycles. The minimum atomic E-state index is -0.367. The molecule has 1 saturated heterocycles. The van der Waals surface area contributed by atoms with Gasteiger partial charge in [0.2, 0.25) is 0 Å². The minimum absolute atomic E-state index is 0.143. The highest BCUT2D eigenvalue weighted by Crippen LogP contribution is 2.20. The number of nitro benzene ring substituents is 1. The summed E-state index contributed by atoms with van der Waals surface area (Å²) in [7, 11) is 0. The second kappa shape index (κ2) is 6.73. The van der Waals surface area contributed by atoms with Crippen molar-refractivity contribution in [1.29, 1.82) is 0 Å².